The van der Waals surface area contributed by atoms with Crippen LogP contribution in [-0.4, -0.2) is 32.6 Å². The summed E-state index contributed by atoms with van der Waals surface area (Å²) < 4.78 is 4.41. The number of hydrogen-bond acceptors (Lipinski definition) is 4. The Hall–Kier alpha value is -2.60. The quantitative estimate of drug-likeness (QED) is 0.343. The van der Waals surface area contributed by atoms with Crippen LogP contribution in [0.4, 0.5) is 0 Å². The molecular weight excluding hydrogens is 292 g/mol. The molecule has 0 fully saturated rings. The number of benzene rings is 2. The largest absolute Gasteiger partial charge is 0.469 e. The molecule has 6 nitrogen and oxygen atoms in total. The van der Waals surface area contributed by atoms with Crippen LogP contribution in [0.3, 0.4) is 0 Å². The molecule has 0 heterocycles. The van der Waals surface area contributed by atoms with E-state index in [2.05, 4.69) is 64.0 Å². The highest BCUT2D eigenvalue weighted by molar-refractivity contribution is 5.82. The molecule has 0 aliphatic heterocycles. The maximum absolute atomic E-state index is 10.5. The summed E-state index contributed by atoms with van der Waals surface area (Å²) in [6.07, 6.45) is 0.970. The van der Waals surface area contributed by atoms with Gasteiger partial charge in [-0.05, 0) is 24.2 Å². The van der Waals surface area contributed by atoms with E-state index in [0.717, 1.165) is 0 Å². The van der Waals surface area contributed by atoms with E-state index in [4.69, 9.17) is 11.5 Å². The van der Waals surface area contributed by atoms with Crippen molar-refractivity contribution in [3.63, 3.8) is 0 Å². The molecule has 0 aliphatic rings. The summed E-state index contributed by atoms with van der Waals surface area (Å²) in [5, 5.41) is 2.62. The van der Waals surface area contributed by atoms with Crippen LogP contribution < -0.4 is 17.2 Å². The Morgan fingerprint density at radius 3 is 1.78 bits per heavy atom. The first-order chi connectivity index (χ1) is 11.1. The fourth-order valence-corrected chi connectivity index (χ4v) is 1.67. The molecule has 6 heteroatoms. The minimum atomic E-state index is -0.240. The standard InChI is InChI=1S/C10H8.C6H13N3O2.CH5N/c1-2-6-10-8-4-3-7-9(10)5-1;1-11-5(10)3-2-4-9-6(7)8;1-2/h1-8H;2-4H2,1H3,(H4,7,8,9);2H2,1H3. The third kappa shape index (κ3) is 9.87. The van der Waals surface area contributed by atoms with Gasteiger partial charge < -0.3 is 21.9 Å². The molecular formula is C17H26N4O2. The molecule has 2 aromatic carbocycles. The van der Waals surface area contributed by atoms with Crippen molar-refractivity contribution >= 4 is 22.7 Å². The zero-order valence-corrected chi connectivity index (χ0v) is 13.7. The first-order valence-electron chi connectivity index (χ1n) is 7.27. The van der Waals surface area contributed by atoms with Crippen molar-refractivity contribution < 1.29 is 9.53 Å². The lowest BCUT2D eigenvalue weighted by Gasteiger charge is -1.95. The van der Waals surface area contributed by atoms with Crippen LogP contribution in [-0.2, 0) is 9.53 Å². The van der Waals surface area contributed by atoms with Gasteiger partial charge in [-0.2, -0.15) is 0 Å². The molecule has 2 rings (SSSR count). The van der Waals surface area contributed by atoms with Crippen LogP contribution in [0.1, 0.15) is 12.8 Å². The lowest BCUT2D eigenvalue weighted by atomic mass is 10.1. The zero-order chi connectivity index (χ0) is 17.5. The lowest BCUT2D eigenvalue weighted by molar-refractivity contribution is -0.140. The average Bonchev–Trinajstić information content (AvgIpc) is 2.60. The molecule has 6 N–H and O–H groups in total. The number of aliphatic imine (C=N–C) groups is 1. The Balaban J connectivity index is 0.000000380. The van der Waals surface area contributed by atoms with Crippen LogP contribution in [0.25, 0.3) is 10.8 Å². The number of rotatable bonds is 4. The number of nitrogens with zero attached hydrogens (tertiary/aromatic N) is 1. The Morgan fingerprint density at radius 2 is 1.43 bits per heavy atom. The van der Waals surface area contributed by atoms with Crippen molar-refractivity contribution in [2.75, 3.05) is 20.7 Å². The van der Waals surface area contributed by atoms with E-state index < -0.39 is 0 Å². The van der Waals surface area contributed by atoms with Crippen molar-refractivity contribution in [1.29, 1.82) is 0 Å². The van der Waals surface area contributed by atoms with Crippen LogP contribution in [0, 0.1) is 0 Å². The first-order valence-corrected chi connectivity index (χ1v) is 7.27. The third-order valence-corrected chi connectivity index (χ3v) is 2.72. The predicted molar refractivity (Wildman–Crippen MR) is 96.0 cm³/mol. The Labute approximate surface area is 137 Å². The van der Waals surface area contributed by atoms with E-state index in [1.807, 2.05) is 0 Å². The highest BCUT2D eigenvalue weighted by Crippen LogP contribution is 2.11. The van der Waals surface area contributed by atoms with Gasteiger partial charge in [0.25, 0.3) is 0 Å². The van der Waals surface area contributed by atoms with Gasteiger partial charge in [-0.25, -0.2) is 0 Å². The monoisotopic (exact) mass is 318 g/mol. The molecule has 23 heavy (non-hydrogen) atoms. The smallest absolute Gasteiger partial charge is 0.305 e. The fraction of sp³-hybridized carbons (Fsp3) is 0.294. The molecule has 0 radical (unpaired) electrons. The highest BCUT2D eigenvalue weighted by atomic mass is 16.5. The maximum atomic E-state index is 10.5. The van der Waals surface area contributed by atoms with Gasteiger partial charge >= 0.3 is 5.97 Å². The molecule has 126 valence electrons. The lowest BCUT2D eigenvalue weighted by Crippen LogP contribution is -2.23. The maximum Gasteiger partial charge on any atom is 0.305 e. The van der Waals surface area contributed by atoms with Crippen LogP contribution in [0.5, 0.6) is 0 Å². The topological polar surface area (TPSA) is 117 Å². The molecule has 0 saturated carbocycles. The second kappa shape index (κ2) is 13.1. The zero-order valence-electron chi connectivity index (χ0n) is 13.7. The predicted octanol–water partition coefficient (Wildman–Crippen LogP) is 1.63. The van der Waals surface area contributed by atoms with Crippen molar-refractivity contribution in [3.8, 4) is 0 Å². The minimum Gasteiger partial charge on any atom is -0.469 e. The van der Waals surface area contributed by atoms with Crippen molar-refractivity contribution in [2.45, 2.75) is 12.8 Å². The Kier molecular flexibility index (Phi) is 11.6. The molecule has 0 amide bonds. The van der Waals surface area contributed by atoms with E-state index in [1.165, 1.54) is 24.9 Å². The van der Waals surface area contributed by atoms with E-state index in [0.29, 0.717) is 19.4 Å². The number of fused-ring (bicyclic) bond motifs is 1. The SMILES string of the molecule is CN.COC(=O)CCCN=C(N)N.c1ccc2ccccc2c1. The fourth-order valence-electron chi connectivity index (χ4n) is 1.67. The van der Waals surface area contributed by atoms with Crippen molar-refractivity contribution in [2.24, 2.45) is 22.2 Å². The Bertz CT molecular complexity index is 530. The number of esters is 1. The number of hydrogen-bond donors (Lipinski definition) is 3. The summed E-state index contributed by atoms with van der Waals surface area (Å²) >= 11 is 0. The van der Waals surface area contributed by atoms with Crippen molar-refractivity contribution in [1.82, 2.24) is 0 Å². The van der Waals surface area contributed by atoms with Crippen molar-refractivity contribution in [3.05, 3.63) is 48.5 Å². The molecule has 0 unspecified atom stereocenters. The normalized spacial score (nSPS) is 8.83. The van der Waals surface area contributed by atoms with Gasteiger partial charge in [-0.15, -0.1) is 0 Å². The second-order valence-corrected chi connectivity index (χ2v) is 4.33. The minimum absolute atomic E-state index is 0.0508. The summed E-state index contributed by atoms with van der Waals surface area (Å²) in [5.41, 5.74) is 14.6. The average molecular weight is 318 g/mol. The molecule has 0 aromatic heterocycles. The highest BCUT2D eigenvalue weighted by Gasteiger charge is 1.97. The van der Waals surface area contributed by atoms with Crippen LogP contribution in [0.15, 0.2) is 53.5 Å². The van der Waals surface area contributed by atoms with Crippen LogP contribution in [0.2, 0.25) is 0 Å². The van der Waals surface area contributed by atoms with Gasteiger partial charge in [-0.1, -0.05) is 48.5 Å². The van der Waals surface area contributed by atoms with E-state index in [-0.39, 0.29) is 11.9 Å². The molecule has 0 aliphatic carbocycles. The number of nitrogens with two attached hydrogens (primary N) is 3. The molecule has 0 spiro atoms. The van der Waals surface area contributed by atoms with Gasteiger partial charge in [0.05, 0.1) is 7.11 Å². The molecule has 2 aromatic rings. The van der Waals surface area contributed by atoms with Crippen LogP contribution >= 0.6 is 0 Å². The van der Waals surface area contributed by atoms with Gasteiger partial charge in [0, 0.05) is 13.0 Å². The van der Waals surface area contributed by atoms with Gasteiger partial charge in [0.15, 0.2) is 5.96 Å². The van der Waals surface area contributed by atoms with E-state index >= 15 is 0 Å². The van der Waals surface area contributed by atoms with Gasteiger partial charge in [0.1, 0.15) is 0 Å². The number of carbonyl (C=O) groups excluding carboxylic acids is 1. The number of ether oxygens (including phenoxy) is 1. The molecule has 0 saturated heterocycles. The summed E-state index contributed by atoms with van der Waals surface area (Å²) in [4.78, 5) is 14.2. The van der Waals surface area contributed by atoms with Gasteiger partial charge in [0.2, 0.25) is 0 Å². The summed E-state index contributed by atoms with van der Waals surface area (Å²) in [7, 11) is 2.85. The summed E-state index contributed by atoms with van der Waals surface area (Å²) in [6, 6.07) is 16.7. The summed E-state index contributed by atoms with van der Waals surface area (Å²) in [6.45, 7) is 0.470. The number of guanidine groups is 1. The van der Waals surface area contributed by atoms with E-state index in [9.17, 15) is 4.79 Å². The third-order valence-electron chi connectivity index (χ3n) is 2.72. The Morgan fingerprint density at radius 1 is 1.00 bits per heavy atom. The summed E-state index contributed by atoms with van der Waals surface area (Å²) in [5.74, 6) is -0.189. The number of carbonyl (C=O) groups is 1. The van der Waals surface area contributed by atoms with E-state index in [1.54, 1.807) is 0 Å². The molecule has 0 atom stereocenters. The first kappa shape index (κ1) is 20.4. The second-order valence-electron chi connectivity index (χ2n) is 4.33. The van der Waals surface area contributed by atoms with Gasteiger partial charge in [-0.3, -0.25) is 9.79 Å². The molecule has 0 bridgehead atoms. The number of methoxy groups -OCH3 is 1.